The van der Waals surface area contributed by atoms with E-state index in [0.29, 0.717) is 17.6 Å². The number of hydrogen-bond donors (Lipinski definition) is 1. The number of anilines is 1. The molecule has 6 heteroatoms. The summed E-state index contributed by atoms with van der Waals surface area (Å²) in [7, 11) is 1.34. The Bertz CT molecular complexity index is 747. The maximum atomic E-state index is 11.7. The highest BCUT2D eigenvalue weighted by Gasteiger charge is 2.15. The Hall–Kier alpha value is -1.95. The second-order valence-corrected chi connectivity index (χ2v) is 6.87. The van der Waals surface area contributed by atoms with Crippen molar-refractivity contribution in [2.45, 2.75) is 39.7 Å². The van der Waals surface area contributed by atoms with E-state index in [0.717, 1.165) is 10.0 Å². The molecule has 2 rings (SSSR count). The minimum Gasteiger partial charge on any atom is -0.464 e. The lowest BCUT2D eigenvalue weighted by molar-refractivity contribution is 0.0594. The molecule has 2 aromatic rings. The second kappa shape index (κ2) is 7.75. The van der Waals surface area contributed by atoms with Crippen molar-refractivity contribution in [1.82, 2.24) is 9.97 Å². The molecule has 0 spiro atoms. The number of hydrogen-bond acceptors (Lipinski definition) is 5. The van der Waals surface area contributed by atoms with Gasteiger partial charge in [0.1, 0.15) is 0 Å². The van der Waals surface area contributed by atoms with Crippen LogP contribution in [0, 0.1) is 6.92 Å². The number of halogens is 1. The van der Waals surface area contributed by atoms with E-state index in [2.05, 4.69) is 63.3 Å². The summed E-state index contributed by atoms with van der Waals surface area (Å²) in [6.45, 7) is 8.17. The molecule has 1 atom stereocenters. The SMILES string of the molecule is COC(=O)c1cc(C)nc(NC(C)c2ccc(C(C)C)cc2Br)n1. The van der Waals surface area contributed by atoms with E-state index in [9.17, 15) is 4.79 Å². The summed E-state index contributed by atoms with van der Waals surface area (Å²) >= 11 is 3.64. The molecule has 128 valence electrons. The van der Waals surface area contributed by atoms with Crippen molar-refractivity contribution in [1.29, 1.82) is 0 Å². The van der Waals surface area contributed by atoms with Crippen LogP contribution in [0.1, 0.15) is 60.0 Å². The van der Waals surface area contributed by atoms with Crippen LogP contribution in [-0.2, 0) is 4.74 Å². The van der Waals surface area contributed by atoms with E-state index in [1.165, 1.54) is 12.7 Å². The number of ether oxygens (including phenoxy) is 1. The molecule has 1 aromatic carbocycles. The van der Waals surface area contributed by atoms with Crippen LogP contribution in [0.4, 0.5) is 5.95 Å². The van der Waals surface area contributed by atoms with Gasteiger partial charge in [0.25, 0.3) is 0 Å². The zero-order valence-corrected chi connectivity index (χ0v) is 16.1. The Labute approximate surface area is 151 Å². The molecule has 0 saturated heterocycles. The molecule has 0 amide bonds. The zero-order valence-electron chi connectivity index (χ0n) is 14.6. The van der Waals surface area contributed by atoms with Crippen LogP contribution >= 0.6 is 15.9 Å². The molecular weight excluding hydrogens is 370 g/mol. The summed E-state index contributed by atoms with van der Waals surface area (Å²) in [6.07, 6.45) is 0. The van der Waals surface area contributed by atoms with Crippen LogP contribution in [-0.4, -0.2) is 23.0 Å². The van der Waals surface area contributed by atoms with E-state index >= 15 is 0 Å². The van der Waals surface area contributed by atoms with Gasteiger partial charge in [-0.25, -0.2) is 14.8 Å². The number of carbonyl (C=O) groups is 1. The molecule has 24 heavy (non-hydrogen) atoms. The number of esters is 1. The predicted octanol–water partition coefficient (Wildman–Crippen LogP) is 4.63. The Morgan fingerprint density at radius 3 is 2.50 bits per heavy atom. The van der Waals surface area contributed by atoms with Crippen molar-refractivity contribution < 1.29 is 9.53 Å². The molecule has 1 unspecified atom stereocenters. The van der Waals surface area contributed by atoms with Crippen LogP contribution < -0.4 is 5.32 Å². The van der Waals surface area contributed by atoms with Crippen LogP contribution in [0.15, 0.2) is 28.7 Å². The molecule has 1 aromatic heterocycles. The molecule has 1 heterocycles. The number of aromatic nitrogens is 2. The van der Waals surface area contributed by atoms with Gasteiger partial charge in [0.15, 0.2) is 5.69 Å². The van der Waals surface area contributed by atoms with Gasteiger partial charge in [-0.1, -0.05) is 41.9 Å². The van der Waals surface area contributed by atoms with Crippen molar-refractivity contribution in [2.75, 3.05) is 12.4 Å². The van der Waals surface area contributed by atoms with E-state index < -0.39 is 5.97 Å². The number of nitrogens with zero attached hydrogens (tertiary/aromatic N) is 2. The maximum absolute atomic E-state index is 11.7. The van der Waals surface area contributed by atoms with E-state index in [-0.39, 0.29) is 11.7 Å². The van der Waals surface area contributed by atoms with Gasteiger partial charge < -0.3 is 10.1 Å². The van der Waals surface area contributed by atoms with Crippen molar-refractivity contribution in [3.05, 3.63) is 51.3 Å². The first-order valence-corrected chi connectivity index (χ1v) is 8.61. The van der Waals surface area contributed by atoms with Gasteiger partial charge in [-0.05, 0) is 43.0 Å². The molecule has 0 aliphatic heterocycles. The molecule has 5 nitrogen and oxygen atoms in total. The van der Waals surface area contributed by atoms with E-state index in [1.54, 1.807) is 6.07 Å². The first-order chi connectivity index (χ1) is 11.3. The maximum Gasteiger partial charge on any atom is 0.356 e. The summed E-state index contributed by atoms with van der Waals surface area (Å²) in [5, 5.41) is 3.25. The highest BCUT2D eigenvalue weighted by molar-refractivity contribution is 9.10. The van der Waals surface area contributed by atoms with Gasteiger partial charge in [-0.3, -0.25) is 0 Å². The fourth-order valence-electron chi connectivity index (χ4n) is 2.37. The Morgan fingerprint density at radius 1 is 1.21 bits per heavy atom. The zero-order chi connectivity index (χ0) is 17.9. The average Bonchev–Trinajstić information content (AvgIpc) is 2.53. The quantitative estimate of drug-likeness (QED) is 0.752. The van der Waals surface area contributed by atoms with Crippen molar-refractivity contribution in [3.63, 3.8) is 0 Å². The molecule has 0 fully saturated rings. The first-order valence-electron chi connectivity index (χ1n) is 7.81. The first kappa shape index (κ1) is 18.4. The van der Waals surface area contributed by atoms with Crippen molar-refractivity contribution >= 4 is 27.8 Å². The Morgan fingerprint density at radius 2 is 1.92 bits per heavy atom. The van der Waals surface area contributed by atoms with Crippen LogP contribution in [0.3, 0.4) is 0 Å². The lowest BCUT2D eigenvalue weighted by Crippen LogP contribution is -2.14. The average molecular weight is 392 g/mol. The van der Waals surface area contributed by atoms with E-state index in [4.69, 9.17) is 4.74 Å². The van der Waals surface area contributed by atoms with Crippen LogP contribution in [0.2, 0.25) is 0 Å². The number of methoxy groups -OCH3 is 1. The van der Waals surface area contributed by atoms with Crippen molar-refractivity contribution in [3.8, 4) is 0 Å². The minimum atomic E-state index is -0.473. The van der Waals surface area contributed by atoms with Gasteiger partial charge in [0.05, 0.1) is 13.2 Å². The lowest BCUT2D eigenvalue weighted by atomic mass is 9.99. The van der Waals surface area contributed by atoms with Crippen molar-refractivity contribution in [2.24, 2.45) is 0 Å². The fourth-order valence-corrected chi connectivity index (χ4v) is 3.11. The summed E-state index contributed by atoms with van der Waals surface area (Å²) in [6, 6.07) is 7.94. The monoisotopic (exact) mass is 391 g/mol. The Kier molecular flexibility index (Phi) is 5.94. The minimum absolute atomic E-state index is 0.0205. The summed E-state index contributed by atoms with van der Waals surface area (Å²) in [5.41, 5.74) is 3.32. The number of carbonyl (C=O) groups excluding carboxylic acids is 1. The molecule has 0 bridgehead atoms. The fraction of sp³-hybridized carbons (Fsp3) is 0.389. The van der Waals surface area contributed by atoms with Crippen LogP contribution in [0.5, 0.6) is 0 Å². The summed E-state index contributed by atoms with van der Waals surface area (Å²) in [5.74, 6) is 0.405. The lowest BCUT2D eigenvalue weighted by Gasteiger charge is -2.18. The number of aryl methyl sites for hydroxylation is 1. The molecule has 0 aliphatic rings. The highest BCUT2D eigenvalue weighted by Crippen LogP contribution is 2.29. The van der Waals surface area contributed by atoms with Gasteiger partial charge in [-0.15, -0.1) is 0 Å². The summed E-state index contributed by atoms with van der Waals surface area (Å²) in [4.78, 5) is 20.3. The normalized spacial score (nSPS) is 12.1. The number of rotatable bonds is 5. The predicted molar refractivity (Wildman–Crippen MR) is 98.4 cm³/mol. The third kappa shape index (κ3) is 4.32. The molecular formula is C18H22BrN3O2. The topological polar surface area (TPSA) is 64.1 Å². The summed E-state index contributed by atoms with van der Waals surface area (Å²) < 4.78 is 5.76. The third-order valence-corrected chi connectivity index (χ3v) is 4.44. The number of nitrogens with one attached hydrogen (secondary N) is 1. The van der Waals surface area contributed by atoms with E-state index in [1.807, 2.05) is 13.8 Å². The standard InChI is InChI=1S/C18H22BrN3O2/c1-10(2)13-6-7-14(15(19)9-13)12(4)21-18-20-11(3)8-16(22-18)17(23)24-5/h6-10,12H,1-5H3,(H,20,21,22). The highest BCUT2D eigenvalue weighted by atomic mass is 79.9. The number of benzene rings is 1. The molecule has 0 saturated carbocycles. The Balaban J connectivity index is 2.25. The van der Waals surface area contributed by atoms with Gasteiger partial charge in [-0.2, -0.15) is 0 Å². The van der Waals surface area contributed by atoms with Crippen LogP contribution in [0.25, 0.3) is 0 Å². The van der Waals surface area contributed by atoms with Gasteiger partial charge in [0.2, 0.25) is 5.95 Å². The third-order valence-electron chi connectivity index (χ3n) is 3.75. The molecule has 0 radical (unpaired) electrons. The second-order valence-electron chi connectivity index (χ2n) is 6.01. The molecule has 1 N–H and O–H groups in total. The largest absolute Gasteiger partial charge is 0.464 e. The van der Waals surface area contributed by atoms with Gasteiger partial charge >= 0.3 is 5.97 Å². The molecule has 0 aliphatic carbocycles. The van der Waals surface area contributed by atoms with Gasteiger partial charge in [0, 0.05) is 10.2 Å². The smallest absolute Gasteiger partial charge is 0.356 e.